The Hall–Kier alpha value is -0.940. The highest BCUT2D eigenvalue weighted by Crippen LogP contribution is 2.31. The zero-order valence-electron chi connectivity index (χ0n) is 9.61. The monoisotopic (exact) mass is 325 g/mol. The van der Waals surface area contributed by atoms with Gasteiger partial charge in [0.2, 0.25) is 0 Å². The number of hydrazine groups is 1. The molecule has 1 unspecified atom stereocenters. The van der Waals surface area contributed by atoms with Gasteiger partial charge in [0.25, 0.3) is 0 Å². The van der Waals surface area contributed by atoms with Gasteiger partial charge in [-0.1, -0.05) is 29.8 Å². The van der Waals surface area contributed by atoms with Crippen LogP contribution in [0.3, 0.4) is 0 Å². The van der Waals surface area contributed by atoms with E-state index >= 15 is 0 Å². The van der Waals surface area contributed by atoms with E-state index in [0.717, 1.165) is 15.7 Å². The van der Waals surface area contributed by atoms with E-state index < -0.39 is 0 Å². The van der Waals surface area contributed by atoms with E-state index in [2.05, 4.69) is 26.3 Å². The summed E-state index contributed by atoms with van der Waals surface area (Å²) in [5, 5.41) is 0.677. The summed E-state index contributed by atoms with van der Waals surface area (Å²) in [4.78, 5) is 4.29. The van der Waals surface area contributed by atoms with Crippen molar-refractivity contribution in [2.75, 3.05) is 0 Å². The van der Waals surface area contributed by atoms with Crippen LogP contribution in [0.4, 0.5) is 0 Å². The van der Waals surface area contributed by atoms with Crippen molar-refractivity contribution in [2.24, 2.45) is 5.84 Å². The van der Waals surface area contributed by atoms with Gasteiger partial charge in [-0.25, -0.2) is 0 Å². The van der Waals surface area contributed by atoms with Crippen LogP contribution in [0.5, 0.6) is 0 Å². The number of hydrogen-bond acceptors (Lipinski definition) is 3. The van der Waals surface area contributed by atoms with Gasteiger partial charge in [0.05, 0.1) is 11.1 Å². The molecule has 0 aliphatic rings. The number of pyridine rings is 1. The summed E-state index contributed by atoms with van der Waals surface area (Å²) in [5.74, 6) is 5.62. The standard InChI is InChI=1S/C13H13BrClN3/c14-11-6-3-5-10(13(11)15)12(18-16)8-9-4-1-2-7-17-9/h1-7,12,18H,8,16H2. The number of nitrogens with zero attached hydrogens (tertiary/aromatic N) is 1. The molecule has 1 aromatic heterocycles. The van der Waals surface area contributed by atoms with Crippen LogP contribution < -0.4 is 11.3 Å². The number of aromatic nitrogens is 1. The largest absolute Gasteiger partial charge is 0.271 e. The van der Waals surface area contributed by atoms with Gasteiger partial charge >= 0.3 is 0 Å². The molecule has 0 aliphatic carbocycles. The van der Waals surface area contributed by atoms with Gasteiger partial charge in [0, 0.05) is 22.8 Å². The summed E-state index contributed by atoms with van der Waals surface area (Å²) in [7, 11) is 0. The molecule has 2 rings (SSSR count). The summed E-state index contributed by atoms with van der Waals surface area (Å²) < 4.78 is 0.864. The first-order valence-electron chi connectivity index (χ1n) is 5.52. The number of hydrogen-bond donors (Lipinski definition) is 2. The SMILES string of the molecule is NNC(Cc1ccccn1)c1cccc(Br)c1Cl. The first-order chi connectivity index (χ1) is 8.72. The Balaban J connectivity index is 2.26. The van der Waals surface area contributed by atoms with Crippen molar-refractivity contribution in [1.29, 1.82) is 0 Å². The van der Waals surface area contributed by atoms with E-state index in [0.29, 0.717) is 11.4 Å². The number of nitrogens with one attached hydrogen (secondary N) is 1. The highest BCUT2D eigenvalue weighted by molar-refractivity contribution is 9.10. The quantitative estimate of drug-likeness (QED) is 0.670. The van der Waals surface area contributed by atoms with E-state index in [9.17, 15) is 0 Å². The van der Waals surface area contributed by atoms with Gasteiger partial charge in [0.1, 0.15) is 0 Å². The third-order valence-electron chi connectivity index (χ3n) is 2.70. The second-order valence-corrected chi connectivity index (χ2v) is 5.12. The molecule has 2 aromatic rings. The van der Waals surface area contributed by atoms with Crippen LogP contribution in [0.1, 0.15) is 17.3 Å². The molecule has 5 heteroatoms. The van der Waals surface area contributed by atoms with Crippen molar-refractivity contribution < 1.29 is 0 Å². The fourth-order valence-electron chi connectivity index (χ4n) is 1.78. The molecule has 1 aromatic carbocycles. The molecule has 94 valence electrons. The topological polar surface area (TPSA) is 50.9 Å². The minimum Gasteiger partial charge on any atom is -0.271 e. The summed E-state index contributed by atoms with van der Waals surface area (Å²) in [6, 6.07) is 11.6. The van der Waals surface area contributed by atoms with E-state index in [1.807, 2.05) is 36.4 Å². The van der Waals surface area contributed by atoms with E-state index in [-0.39, 0.29) is 6.04 Å². The molecule has 0 saturated heterocycles. The van der Waals surface area contributed by atoms with Crippen LogP contribution >= 0.6 is 27.5 Å². The predicted octanol–water partition coefficient (Wildman–Crippen LogP) is 3.24. The summed E-state index contributed by atoms with van der Waals surface area (Å²) in [5.41, 5.74) is 4.72. The maximum atomic E-state index is 6.27. The highest BCUT2D eigenvalue weighted by atomic mass is 79.9. The zero-order valence-corrected chi connectivity index (χ0v) is 11.9. The van der Waals surface area contributed by atoms with Crippen LogP contribution in [0.15, 0.2) is 47.1 Å². The lowest BCUT2D eigenvalue weighted by atomic mass is 10.0. The predicted molar refractivity (Wildman–Crippen MR) is 77.2 cm³/mol. The second kappa shape index (κ2) is 6.29. The van der Waals surface area contributed by atoms with Crippen molar-refractivity contribution >= 4 is 27.5 Å². The molecule has 0 radical (unpaired) electrons. The highest BCUT2D eigenvalue weighted by Gasteiger charge is 2.15. The Kier molecular flexibility index (Phi) is 4.72. The molecule has 18 heavy (non-hydrogen) atoms. The van der Waals surface area contributed by atoms with E-state index in [1.54, 1.807) is 6.20 Å². The fraction of sp³-hybridized carbons (Fsp3) is 0.154. The van der Waals surface area contributed by atoms with Gasteiger partial charge in [-0.2, -0.15) is 0 Å². The van der Waals surface area contributed by atoms with Crippen molar-refractivity contribution in [2.45, 2.75) is 12.5 Å². The molecule has 0 saturated carbocycles. The van der Waals surface area contributed by atoms with Crippen LogP contribution in [-0.4, -0.2) is 4.98 Å². The lowest BCUT2D eigenvalue weighted by Crippen LogP contribution is -2.30. The maximum absolute atomic E-state index is 6.27. The Labute approximate surface area is 119 Å². The number of rotatable bonds is 4. The Morgan fingerprint density at radius 2 is 2.11 bits per heavy atom. The van der Waals surface area contributed by atoms with Gasteiger partial charge in [0.15, 0.2) is 0 Å². The van der Waals surface area contributed by atoms with Gasteiger partial charge < -0.3 is 0 Å². The molecule has 1 atom stereocenters. The lowest BCUT2D eigenvalue weighted by molar-refractivity contribution is 0.546. The van der Waals surface area contributed by atoms with Crippen LogP contribution in [0.2, 0.25) is 5.02 Å². The summed E-state index contributed by atoms with van der Waals surface area (Å²) >= 11 is 9.68. The average molecular weight is 327 g/mol. The molecule has 0 aliphatic heterocycles. The first kappa shape index (κ1) is 13.5. The number of nitrogens with two attached hydrogens (primary N) is 1. The Morgan fingerprint density at radius 3 is 2.78 bits per heavy atom. The van der Waals surface area contributed by atoms with Crippen molar-refractivity contribution in [3.63, 3.8) is 0 Å². The third-order valence-corrected chi connectivity index (χ3v) is 4.01. The van der Waals surface area contributed by atoms with Crippen molar-refractivity contribution in [3.8, 4) is 0 Å². The van der Waals surface area contributed by atoms with Crippen LogP contribution in [0.25, 0.3) is 0 Å². The maximum Gasteiger partial charge on any atom is 0.0596 e. The fourth-order valence-corrected chi connectivity index (χ4v) is 2.42. The molecule has 0 spiro atoms. The molecule has 0 amide bonds. The summed E-state index contributed by atoms with van der Waals surface area (Å²) in [6.07, 6.45) is 2.46. The van der Waals surface area contributed by atoms with E-state index in [1.165, 1.54) is 0 Å². The molecule has 0 bridgehead atoms. The zero-order chi connectivity index (χ0) is 13.0. The molecule has 3 N–H and O–H groups in total. The van der Waals surface area contributed by atoms with Gasteiger partial charge in [-0.15, -0.1) is 0 Å². The molecular weight excluding hydrogens is 314 g/mol. The Morgan fingerprint density at radius 1 is 1.28 bits per heavy atom. The van der Waals surface area contributed by atoms with E-state index in [4.69, 9.17) is 17.4 Å². The summed E-state index contributed by atoms with van der Waals surface area (Å²) in [6.45, 7) is 0. The molecule has 3 nitrogen and oxygen atoms in total. The van der Waals surface area contributed by atoms with Gasteiger partial charge in [-0.05, 0) is 39.7 Å². The smallest absolute Gasteiger partial charge is 0.0596 e. The third kappa shape index (κ3) is 3.09. The lowest BCUT2D eigenvalue weighted by Gasteiger charge is -2.17. The minimum atomic E-state index is -0.0649. The van der Waals surface area contributed by atoms with Crippen LogP contribution in [-0.2, 0) is 6.42 Å². The minimum absolute atomic E-state index is 0.0649. The van der Waals surface area contributed by atoms with Gasteiger partial charge in [-0.3, -0.25) is 16.3 Å². The second-order valence-electron chi connectivity index (χ2n) is 3.89. The first-order valence-corrected chi connectivity index (χ1v) is 6.69. The average Bonchev–Trinajstić information content (AvgIpc) is 2.41. The van der Waals surface area contributed by atoms with Crippen molar-refractivity contribution in [1.82, 2.24) is 10.4 Å². The molecular formula is C13H13BrClN3. The normalized spacial score (nSPS) is 12.4. The molecule has 1 heterocycles. The Bertz CT molecular complexity index is 519. The number of halogens is 2. The number of benzene rings is 1. The van der Waals surface area contributed by atoms with Crippen molar-refractivity contribution in [3.05, 3.63) is 63.3 Å². The molecule has 0 fully saturated rings. The van der Waals surface area contributed by atoms with Crippen LogP contribution in [0, 0.1) is 0 Å².